The fraction of sp³-hybridized carbons (Fsp3) is 0.412. The fourth-order valence-electron chi connectivity index (χ4n) is 2.96. The van der Waals surface area contributed by atoms with Gasteiger partial charge in [-0.3, -0.25) is 0 Å². The Bertz CT molecular complexity index is 590. The van der Waals surface area contributed by atoms with Crippen LogP contribution in [0.3, 0.4) is 0 Å². The second-order valence-electron chi connectivity index (χ2n) is 5.45. The molecule has 1 aliphatic carbocycles. The summed E-state index contributed by atoms with van der Waals surface area (Å²) < 4.78 is 1.21. The maximum atomic E-state index is 3.69. The number of halogens is 1. The highest BCUT2D eigenvalue weighted by molar-refractivity contribution is 9.11. The highest BCUT2D eigenvalue weighted by Gasteiger charge is 2.18. The number of thiophene rings is 1. The van der Waals surface area contributed by atoms with Crippen molar-refractivity contribution >= 4 is 27.3 Å². The molecule has 3 heteroatoms. The minimum Gasteiger partial charge on any atom is -0.306 e. The molecule has 0 saturated heterocycles. The van der Waals surface area contributed by atoms with E-state index in [-0.39, 0.29) is 0 Å². The minimum atomic E-state index is 0.323. The van der Waals surface area contributed by atoms with Gasteiger partial charge in [0, 0.05) is 0 Å². The molecule has 0 fully saturated rings. The molecule has 1 aliphatic rings. The first-order valence-corrected chi connectivity index (χ1v) is 9.04. The molecule has 20 heavy (non-hydrogen) atoms. The van der Waals surface area contributed by atoms with Gasteiger partial charge in [0.25, 0.3) is 0 Å². The maximum Gasteiger partial charge on any atom is 0.0701 e. The molecule has 0 amide bonds. The lowest BCUT2D eigenvalue weighted by Crippen LogP contribution is -2.22. The molecule has 106 valence electrons. The smallest absolute Gasteiger partial charge is 0.0701 e. The van der Waals surface area contributed by atoms with Crippen LogP contribution in [-0.2, 0) is 12.8 Å². The zero-order valence-corrected chi connectivity index (χ0v) is 14.2. The highest BCUT2D eigenvalue weighted by atomic mass is 79.9. The number of hydrogen-bond donors (Lipinski definition) is 1. The molecule has 2 aromatic rings. The predicted molar refractivity (Wildman–Crippen MR) is 90.6 cm³/mol. The van der Waals surface area contributed by atoms with Crippen molar-refractivity contribution in [1.82, 2.24) is 5.32 Å². The van der Waals surface area contributed by atoms with Gasteiger partial charge >= 0.3 is 0 Å². The van der Waals surface area contributed by atoms with Crippen molar-refractivity contribution in [3.05, 3.63) is 55.7 Å². The van der Waals surface area contributed by atoms with Gasteiger partial charge in [0.15, 0.2) is 0 Å². The number of fused-ring (bicyclic) bond motifs is 1. The Morgan fingerprint density at radius 3 is 2.80 bits per heavy atom. The zero-order chi connectivity index (χ0) is 13.9. The Labute approximate surface area is 133 Å². The van der Waals surface area contributed by atoms with Gasteiger partial charge in [0.2, 0.25) is 0 Å². The van der Waals surface area contributed by atoms with Crippen molar-refractivity contribution in [2.24, 2.45) is 0 Å². The van der Waals surface area contributed by atoms with Crippen LogP contribution in [0.15, 0.2) is 33.4 Å². The van der Waals surface area contributed by atoms with Gasteiger partial charge in [-0.15, -0.1) is 11.3 Å². The predicted octanol–water partition coefficient (Wildman–Crippen LogP) is 5.09. The third-order valence-corrected chi connectivity index (χ3v) is 5.50. The van der Waals surface area contributed by atoms with Crippen LogP contribution in [0.25, 0.3) is 0 Å². The zero-order valence-electron chi connectivity index (χ0n) is 11.8. The number of nitrogens with one attached hydrogen (secondary N) is 1. The van der Waals surface area contributed by atoms with E-state index in [2.05, 4.69) is 57.8 Å². The van der Waals surface area contributed by atoms with E-state index < -0.39 is 0 Å². The maximum absolute atomic E-state index is 3.69. The SMILES string of the molecule is CCCNC(c1csc(Br)c1)c1ccc2c(c1)CCC2. The summed E-state index contributed by atoms with van der Waals surface area (Å²) in [6.45, 7) is 3.27. The molecule has 0 bridgehead atoms. The third-order valence-electron chi connectivity index (χ3n) is 3.98. The fourth-order valence-corrected chi connectivity index (χ4v) is 4.16. The molecule has 0 saturated carbocycles. The van der Waals surface area contributed by atoms with Gasteiger partial charge in [-0.05, 0) is 81.9 Å². The van der Waals surface area contributed by atoms with Crippen molar-refractivity contribution in [3.8, 4) is 0 Å². The lowest BCUT2D eigenvalue weighted by Gasteiger charge is -2.19. The summed E-state index contributed by atoms with van der Waals surface area (Å²) in [7, 11) is 0. The number of hydrogen-bond acceptors (Lipinski definition) is 2. The number of benzene rings is 1. The molecule has 1 aromatic carbocycles. The molecule has 3 rings (SSSR count). The molecule has 0 spiro atoms. The van der Waals surface area contributed by atoms with Crippen molar-refractivity contribution in [2.45, 2.75) is 38.6 Å². The molecule has 0 radical (unpaired) electrons. The van der Waals surface area contributed by atoms with Crippen LogP contribution >= 0.6 is 27.3 Å². The molecule has 1 aromatic heterocycles. The molecule has 1 unspecified atom stereocenters. The van der Waals surface area contributed by atoms with Crippen LogP contribution in [0.1, 0.15) is 48.1 Å². The van der Waals surface area contributed by atoms with Crippen LogP contribution < -0.4 is 5.32 Å². The lowest BCUT2D eigenvalue weighted by atomic mass is 9.97. The topological polar surface area (TPSA) is 12.0 Å². The monoisotopic (exact) mass is 349 g/mol. The number of rotatable bonds is 5. The van der Waals surface area contributed by atoms with Gasteiger partial charge in [-0.1, -0.05) is 25.1 Å². The second-order valence-corrected chi connectivity index (χ2v) is 7.74. The first-order chi connectivity index (χ1) is 9.78. The van der Waals surface area contributed by atoms with Crippen LogP contribution in [0.4, 0.5) is 0 Å². The summed E-state index contributed by atoms with van der Waals surface area (Å²) in [6.07, 6.45) is 4.98. The summed E-state index contributed by atoms with van der Waals surface area (Å²) in [5.41, 5.74) is 5.88. The van der Waals surface area contributed by atoms with Crippen LogP contribution in [-0.4, -0.2) is 6.54 Å². The first-order valence-electron chi connectivity index (χ1n) is 7.37. The average molecular weight is 350 g/mol. The summed E-state index contributed by atoms with van der Waals surface area (Å²) in [6, 6.07) is 9.62. The molecular weight excluding hydrogens is 330 g/mol. The van der Waals surface area contributed by atoms with Gasteiger partial charge in [-0.2, -0.15) is 0 Å². The Balaban J connectivity index is 1.92. The van der Waals surface area contributed by atoms with E-state index in [0.717, 1.165) is 13.0 Å². The van der Waals surface area contributed by atoms with E-state index in [9.17, 15) is 0 Å². The first kappa shape index (κ1) is 14.3. The second kappa shape index (κ2) is 6.42. The highest BCUT2D eigenvalue weighted by Crippen LogP contribution is 2.32. The summed E-state index contributed by atoms with van der Waals surface area (Å²) in [5, 5.41) is 5.95. The average Bonchev–Trinajstić information content (AvgIpc) is 3.07. The van der Waals surface area contributed by atoms with Gasteiger partial charge in [0.1, 0.15) is 0 Å². The number of aryl methyl sites for hydroxylation is 2. The lowest BCUT2D eigenvalue weighted by molar-refractivity contribution is 0.599. The Hall–Kier alpha value is -0.640. The van der Waals surface area contributed by atoms with Crippen molar-refractivity contribution in [1.29, 1.82) is 0 Å². The van der Waals surface area contributed by atoms with Crippen molar-refractivity contribution in [3.63, 3.8) is 0 Å². The van der Waals surface area contributed by atoms with Crippen molar-refractivity contribution in [2.75, 3.05) is 6.54 Å². The van der Waals surface area contributed by atoms with E-state index in [1.165, 1.54) is 34.2 Å². The van der Waals surface area contributed by atoms with Crippen LogP contribution in [0, 0.1) is 0 Å². The Morgan fingerprint density at radius 1 is 1.20 bits per heavy atom. The minimum absolute atomic E-state index is 0.323. The van der Waals surface area contributed by atoms with E-state index >= 15 is 0 Å². The molecule has 1 nitrogen and oxygen atoms in total. The van der Waals surface area contributed by atoms with Crippen LogP contribution in [0.5, 0.6) is 0 Å². The summed E-state index contributed by atoms with van der Waals surface area (Å²) in [5.74, 6) is 0. The van der Waals surface area contributed by atoms with Crippen LogP contribution in [0.2, 0.25) is 0 Å². The van der Waals surface area contributed by atoms with Gasteiger partial charge < -0.3 is 5.32 Å². The van der Waals surface area contributed by atoms with E-state index in [4.69, 9.17) is 0 Å². The normalized spacial score (nSPS) is 15.3. The molecular formula is C17H20BrNS. The molecule has 1 N–H and O–H groups in total. The summed E-state index contributed by atoms with van der Waals surface area (Å²) in [4.78, 5) is 0. The molecule has 0 aliphatic heterocycles. The standard InChI is InChI=1S/C17H20BrNS/c1-2-8-19-17(15-10-16(18)20-11-15)14-7-6-12-4-3-5-13(12)9-14/h6-7,9-11,17,19H,2-5,8H2,1H3. The van der Waals surface area contributed by atoms with E-state index in [1.54, 1.807) is 22.5 Å². The third kappa shape index (κ3) is 3.00. The molecule has 1 atom stereocenters. The van der Waals surface area contributed by atoms with Crippen molar-refractivity contribution < 1.29 is 0 Å². The molecule has 1 heterocycles. The van der Waals surface area contributed by atoms with Gasteiger partial charge in [0.05, 0.1) is 9.83 Å². The quantitative estimate of drug-likeness (QED) is 0.792. The van der Waals surface area contributed by atoms with E-state index in [1.807, 2.05) is 0 Å². The summed E-state index contributed by atoms with van der Waals surface area (Å²) >= 11 is 5.34. The van der Waals surface area contributed by atoms with E-state index in [0.29, 0.717) is 6.04 Å². The Morgan fingerprint density at radius 2 is 2.05 bits per heavy atom. The van der Waals surface area contributed by atoms with Gasteiger partial charge in [-0.25, -0.2) is 0 Å². The largest absolute Gasteiger partial charge is 0.306 e. The Kier molecular flexibility index (Phi) is 4.59.